The highest BCUT2D eigenvalue weighted by atomic mass is 16.5. The Balaban J connectivity index is 1.46. The molecule has 36 heavy (non-hydrogen) atoms. The van der Waals surface area contributed by atoms with Gasteiger partial charge in [-0.3, -0.25) is 4.79 Å². The number of oxazole rings is 1. The molecule has 0 aliphatic heterocycles. The highest BCUT2D eigenvalue weighted by Crippen LogP contribution is 2.32. The number of carboxylic acid groups (broad SMARTS) is 1. The molecule has 1 aliphatic carbocycles. The third kappa shape index (κ3) is 6.21. The van der Waals surface area contributed by atoms with Crippen LogP contribution in [0.25, 0.3) is 22.8 Å². The van der Waals surface area contributed by atoms with Crippen LogP contribution in [0.5, 0.6) is 0 Å². The molecule has 1 aromatic heterocycles. The van der Waals surface area contributed by atoms with Gasteiger partial charge < -0.3 is 19.6 Å². The Morgan fingerprint density at radius 3 is 2.47 bits per heavy atom. The zero-order valence-corrected chi connectivity index (χ0v) is 21.1. The van der Waals surface area contributed by atoms with E-state index in [1.165, 1.54) is 0 Å². The molecule has 1 saturated carbocycles. The fourth-order valence-electron chi connectivity index (χ4n) is 4.60. The number of carbonyl (C=O) groups is 2. The fraction of sp³-hybridized carbons (Fsp3) is 0.414. The van der Waals surface area contributed by atoms with Crippen molar-refractivity contribution in [1.82, 2.24) is 10.3 Å². The van der Waals surface area contributed by atoms with Crippen LogP contribution in [0.3, 0.4) is 0 Å². The topological polar surface area (TPSA) is 102 Å². The van der Waals surface area contributed by atoms with Crippen LogP contribution in [0.1, 0.15) is 50.8 Å². The molecular formula is C29H34N2O5. The van der Waals surface area contributed by atoms with Crippen LogP contribution in [0.4, 0.5) is 0 Å². The van der Waals surface area contributed by atoms with Gasteiger partial charge in [-0.15, -0.1) is 0 Å². The zero-order chi connectivity index (χ0) is 25.7. The van der Waals surface area contributed by atoms with Crippen LogP contribution in [0.15, 0.2) is 59.0 Å². The maximum atomic E-state index is 12.8. The summed E-state index contributed by atoms with van der Waals surface area (Å²) in [6, 6.07) is 17.0. The normalized spacial score (nSPS) is 18.7. The third-order valence-corrected chi connectivity index (χ3v) is 6.71. The van der Waals surface area contributed by atoms with Crippen molar-refractivity contribution in [2.45, 2.75) is 65.2 Å². The first-order chi connectivity index (χ1) is 17.3. The minimum atomic E-state index is -1.01. The highest BCUT2D eigenvalue weighted by Gasteiger charge is 2.32. The summed E-state index contributed by atoms with van der Waals surface area (Å²) < 4.78 is 12.5. The highest BCUT2D eigenvalue weighted by molar-refractivity contribution is 5.85. The van der Waals surface area contributed by atoms with Gasteiger partial charge >= 0.3 is 5.97 Å². The van der Waals surface area contributed by atoms with Crippen LogP contribution in [0.2, 0.25) is 0 Å². The number of hydrogen-bond acceptors (Lipinski definition) is 5. The minimum absolute atomic E-state index is 0.111. The van der Waals surface area contributed by atoms with E-state index < -0.39 is 12.0 Å². The van der Waals surface area contributed by atoms with Gasteiger partial charge in [-0.25, -0.2) is 9.78 Å². The van der Waals surface area contributed by atoms with E-state index in [9.17, 15) is 14.7 Å². The number of amides is 1. The first-order valence-electron chi connectivity index (χ1n) is 12.6. The summed E-state index contributed by atoms with van der Waals surface area (Å²) in [6.45, 7) is 5.89. The van der Waals surface area contributed by atoms with Crippen molar-refractivity contribution in [1.29, 1.82) is 0 Å². The van der Waals surface area contributed by atoms with Crippen molar-refractivity contribution in [2.75, 3.05) is 0 Å². The molecule has 0 saturated heterocycles. The van der Waals surface area contributed by atoms with Crippen LogP contribution in [-0.4, -0.2) is 34.1 Å². The summed E-state index contributed by atoms with van der Waals surface area (Å²) in [5.74, 6) is -0.450. The summed E-state index contributed by atoms with van der Waals surface area (Å²) in [5.41, 5.74) is 3.71. The molecule has 4 rings (SSSR count). The standard InChI is InChI=1S/C29H34N2O5/c1-18(2)25(29(33)34)31-27(32)22-10-7-11-23(16-22)35-17-24-26(20-8-5-4-6-9-20)36-28(30-24)21-14-12-19(3)13-15-21/h4-6,8-9,12-15,18,22-23,25H,7,10-11,16-17H2,1-3H3,(H,31,32)(H,33,34)/t22?,23?,25-/m1/s1. The van der Waals surface area contributed by atoms with Crippen molar-refractivity contribution < 1.29 is 23.8 Å². The number of nitrogens with one attached hydrogen (secondary N) is 1. The number of carbonyl (C=O) groups excluding carboxylic acids is 1. The maximum absolute atomic E-state index is 12.8. The first kappa shape index (κ1) is 25.6. The van der Waals surface area contributed by atoms with Gasteiger partial charge in [0.2, 0.25) is 11.8 Å². The summed E-state index contributed by atoms with van der Waals surface area (Å²) in [6.07, 6.45) is 2.87. The van der Waals surface area contributed by atoms with Crippen LogP contribution >= 0.6 is 0 Å². The number of aryl methyl sites for hydroxylation is 1. The van der Waals surface area contributed by atoms with Gasteiger partial charge in [0.25, 0.3) is 0 Å². The molecule has 2 unspecified atom stereocenters. The second-order valence-corrected chi connectivity index (χ2v) is 9.89. The lowest BCUT2D eigenvalue weighted by Gasteiger charge is -2.29. The van der Waals surface area contributed by atoms with Gasteiger partial charge in [0.1, 0.15) is 11.7 Å². The zero-order valence-electron chi connectivity index (χ0n) is 21.1. The quantitative estimate of drug-likeness (QED) is 0.404. The molecule has 7 heteroatoms. The average molecular weight is 491 g/mol. The number of aliphatic carboxylic acids is 1. The van der Waals surface area contributed by atoms with Crippen LogP contribution < -0.4 is 5.32 Å². The Kier molecular flexibility index (Phi) is 8.21. The first-order valence-corrected chi connectivity index (χ1v) is 12.6. The van der Waals surface area contributed by atoms with Gasteiger partial charge in [-0.1, -0.05) is 68.3 Å². The van der Waals surface area contributed by atoms with E-state index in [0.29, 0.717) is 23.8 Å². The number of rotatable bonds is 9. The number of aromatic nitrogens is 1. The van der Waals surface area contributed by atoms with Crippen molar-refractivity contribution in [3.05, 3.63) is 65.9 Å². The van der Waals surface area contributed by atoms with Gasteiger partial charge in [0.05, 0.1) is 12.7 Å². The van der Waals surface area contributed by atoms with Crippen molar-refractivity contribution in [2.24, 2.45) is 11.8 Å². The molecule has 7 nitrogen and oxygen atoms in total. The molecule has 0 radical (unpaired) electrons. The predicted molar refractivity (Wildman–Crippen MR) is 137 cm³/mol. The Labute approximate surface area is 211 Å². The molecule has 1 heterocycles. The van der Waals surface area contributed by atoms with Crippen molar-refractivity contribution >= 4 is 11.9 Å². The molecule has 3 atom stereocenters. The molecular weight excluding hydrogens is 456 g/mol. The van der Waals surface area contributed by atoms with Gasteiger partial charge in [0.15, 0.2) is 5.76 Å². The Morgan fingerprint density at radius 2 is 1.81 bits per heavy atom. The molecule has 1 fully saturated rings. The van der Waals surface area contributed by atoms with E-state index in [2.05, 4.69) is 5.32 Å². The summed E-state index contributed by atoms with van der Waals surface area (Å²) in [4.78, 5) is 29.1. The molecule has 2 N–H and O–H groups in total. The van der Waals surface area contributed by atoms with Crippen molar-refractivity contribution in [3.63, 3.8) is 0 Å². The van der Waals surface area contributed by atoms with E-state index in [1.807, 2.05) is 61.5 Å². The predicted octanol–water partition coefficient (Wildman–Crippen LogP) is 5.62. The van der Waals surface area contributed by atoms with Gasteiger partial charge in [-0.05, 0) is 44.2 Å². The Morgan fingerprint density at radius 1 is 1.08 bits per heavy atom. The van der Waals surface area contributed by atoms with E-state index in [1.54, 1.807) is 13.8 Å². The van der Waals surface area contributed by atoms with E-state index in [4.69, 9.17) is 14.1 Å². The largest absolute Gasteiger partial charge is 0.480 e. The number of carboxylic acids is 1. The molecule has 1 amide bonds. The monoisotopic (exact) mass is 490 g/mol. The number of ether oxygens (including phenoxy) is 1. The maximum Gasteiger partial charge on any atom is 0.326 e. The lowest BCUT2D eigenvalue weighted by Crippen LogP contribution is -2.47. The molecule has 0 bridgehead atoms. The third-order valence-electron chi connectivity index (χ3n) is 6.71. The van der Waals surface area contributed by atoms with E-state index in [-0.39, 0.29) is 30.5 Å². The fourth-order valence-corrected chi connectivity index (χ4v) is 4.60. The number of benzene rings is 2. The van der Waals surface area contributed by atoms with Gasteiger partial charge in [-0.2, -0.15) is 0 Å². The number of nitrogens with zero attached hydrogens (tertiary/aromatic N) is 1. The molecule has 0 spiro atoms. The van der Waals surface area contributed by atoms with Gasteiger partial charge in [0, 0.05) is 17.0 Å². The Hall–Kier alpha value is -3.45. The number of hydrogen-bond donors (Lipinski definition) is 2. The summed E-state index contributed by atoms with van der Waals surface area (Å²) >= 11 is 0. The van der Waals surface area contributed by atoms with E-state index >= 15 is 0 Å². The second kappa shape index (κ2) is 11.5. The van der Waals surface area contributed by atoms with E-state index in [0.717, 1.165) is 36.0 Å². The lowest BCUT2D eigenvalue weighted by molar-refractivity contribution is -0.144. The molecule has 3 aromatic rings. The summed E-state index contributed by atoms with van der Waals surface area (Å²) in [5, 5.41) is 12.1. The lowest BCUT2D eigenvalue weighted by atomic mass is 9.86. The van der Waals surface area contributed by atoms with Crippen LogP contribution in [0, 0.1) is 18.8 Å². The summed E-state index contributed by atoms with van der Waals surface area (Å²) in [7, 11) is 0. The van der Waals surface area contributed by atoms with Crippen molar-refractivity contribution in [3.8, 4) is 22.8 Å². The molecule has 190 valence electrons. The second-order valence-electron chi connectivity index (χ2n) is 9.89. The molecule has 2 aromatic carbocycles. The molecule has 1 aliphatic rings. The smallest absolute Gasteiger partial charge is 0.326 e. The SMILES string of the molecule is Cc1ccc(-c2nc(COC3CCCC(C(=O)N[C@@H](C(=O)O)C(C)C)C3)c(-c3ccccc3)o2)cc1. The minimum Gasteiger partial charge on any atom is -0.480 e. The average Bonchev–Trinajstić information content (AvgIpc) is 3.31. The van der Waals surface area contributed by atoms with Crippen LogP contribution in [-0.2, 0) is 20.9 Å². The Bertz CT molecular complexity index is 1170.